The van der Waals surface area contributed by atoms with E-state index < -0.39 is 0 Å². The number of halogens is 2. The molecule has 1 aromatic rings. The lowest BCUT2D eigenvalue weighted by Crippen LogP contribution is -2.46. The topological polar surface area (TPSA) is 18.5 Å². The van der Waals surface area contributed by atoms with Crippen LogP contribution in [0.25, 0.3) is 0 Å². The predicted octanol–water partition coefficient (Wildman–Crippen LogP) is 4.39. The van der Waals surface area contributed by atoms with E-state index in [1.807, 2.05) is 11.8 Å². The molecule has 2 aliphatic heterocycles. The van der Waals surface area contributed by atoms with Crippen molar-refractivity contribution in [2.24, 2.45) is 0 Å². The molecule has 1 atom stereocenters. The zero-order valence-electron chi connectivity index (χ0n) is 11.9. The number of thioether (sulfide) groups is 1. The number of ether oxygens (including phenoxy) is 2. The number of rotatable bonds is 3. The highest BCUT2D eigenvalue weighted by atomic mass is 35.5. The monoisotopic (exact) mass is 330 g/mol. The predicted molar refractivity (Wildman–Crippen MR) is 84.8 cm³/mol. The molecule has 0 saturated carbocycles. The highest BCUT2D eigenvalue weighted by molar-refractivity contribution is 7.99. The number of hydrogen-bond donors (Lipinski definition) is 0. The fourth-order valence-electron chi connectivity index (χ4n) is 3.12. The van der Waals surface area contributed by atoms with Crippen LogP contribution in [0.3, 0.4) is 0 Å². The Morgan fingerprint density at radius 2 is 2.19 bits per heavy atom. The van der Waals surface area contributed by atoms with Gasteiger partial charge in [0.25, 0.3) is 0 Å². The molecule has 116 valence electrons. The summed E-state index contributed by atoms with van der Waals surface area (Å²) in [6.45, 7) is 0.743. The van der Waals surface area contributed by atoms with Gasteiger partial charge in [0.15, 0.2) is 0 Å². The first-order chi connectivity index (χ1) is 10.2. The second-order valence-corrected chi connectivity index (χ2v) is 7.25. The van der Waals surface area contributed by atoms with E-state index in [2.05, 4.69) is 0 Å². The van der Waals surface area contributed by atoms with Crippen molar-refractivity contribution in [3.05, 3.63) is 29.6 Å². The van der Waals surface area contributed by atoms with Crippen LogP contribution in [0.2, 0.25) is 0 Å². The molecule has 0 aromatic heterocycles. The zero-order chi connectivity index (χ0) is 14.7. The molecule has 1 spiro atoms. The van der Waals surface area contributed by atoms with Crippen LogP contribution >= 0.6 is 23.4 Å². The summed E-state index contributed by atoms with van der Waals surface area (Å²) >= 11 is 7.89. The summed E-state index contributed by atoms with van der Waals surface area (Å²) < 4.78 is 25.5. The van der Waals surface area contributed by atoms with Crippen LogP contribution in [-0.4, -0.2) is 29.8 Å². The van der Waals surface area contributed by atoms with Crippen molar-refractivity contribution >= 4 is 23.4 Å². The first-order valence-corrected chi connectivity index (χ1v) is 9.12. The maximum Gasteiger partial charge on any atom is 0.124 e. The molecule has 0 aliphatic carbocycles. The first-order valence-electron chi connectivity index (χ1n) is 7.43. The minimum absolute atomic E-state index is 0.00464. The normalized spacial score (nSPS) is 25.0. The summed E-state index contributed by atoms with van der Waals surface area (Å²) in [5, 5.41) is 0. The average molecular weight is 331 g/mol. The van der Waals surface area contributed by atoms with Gasteiger partial charge in [0.05, 0.1) is 18.1 Å². The fraction of sp³-hybridized carbons (Fsp3) is 0.625. The van der Waals surface area contributed by atoms with Gasteiger partial charge in [-0.1, -0.05) is 0 Å². The van der Waals surface area contributed by atoms with E-state index >= 15 is 0 Å². The van der Waals surface area contributed by atoms with Gasteiger partial charge in [0.2, 0.25) is 0 Å². The minimum atomic E-state index is -0.272. The molecule has 0 amide bonds. The van der Waals surface area contributed by atoms with E-state index in [4.69, 9.17) is 21.1 Å². The fourth-order valence-corrected chi connectivity index (χ4v) is 4.57. The van der Waals surface area contributed by atoms with Gasteiger partial charge in [-0.2, -0.15) is 11.8 Å². The Hall–Kier alpha value is -0.450. The second-order valence-electron chi connectivity index (χ2n) is 5.76. The Morgan fingerprint density at radius 3 is 2.95 bits per heavy atom. The van der Waals surface area contributed by atoms with E-state index in [-0.39, 0.29) is 23.4 Å². The van der Waals surface area contributed by atoms with Crippen molar-refractivity contribution in [3.63, 3.8) is 0 Å². The molecule has 2 aliphatic rings. The second kappa shape index (κ2) is 6.76. The van der Waals surface area contributed by atoms with Gasteiger partial charge >= 0.3 is 0 Å². The molecule has 0 bridgehead atoms. The molecule has 2 saturated heterocycles. The largest absolute Gasteiger partial charge is 0.490 e. The molecule has 3 rings (SSSR count). The molecular weight excluding hydrogens is 311 g/mol. The van der Waals surface area contributed by atoms with Gasteiger partial charge in [0, 0.05) is 18.4 Å². The Bertz CT molecular complexity index is 486. The summed E-state index contributed by atoms with van der Waals surface area (Å²) in [6.07, 6.45) is 4.14. The van der Waals surface area contributed by atoms with Crippen LogP contribution in [0, 0.1) is 5.82 Å². The molecule has 2 fully saturated rings. The molecular formula is C16H20ClFO2S. The SMILES string of the molecule is Fc1ccc(OC2CCOC3(CCSCC3)C2)c(CCl)c1. The lowest BCUT2D eigenvalue weighted by Gasteiger charge is -2.43. The van der Waals surface area contributed by atoms with Crippen molar-refractivity contribution in [2.45, 2.75) is 43.3 Å². The summed E-state index contributed by atoms with van der Waals surface area (Å²) in [5.41, 5.74) is 0.714. The molecule has 21 heavy (non-hydrogen) atoms. The molecule has 2 heterocycles. The van der Waals surface area contributed by atoms with E-state index in [9.17, 15) is 4.39 Å². The Morgan fingerprint density at radius 1 is 1.38 bits per heavy atom. The maximum atomic E-state index is 13.3. The van der Waals surface area contributed by atoms with Gasteiger partial charge in [-0.25, -0.2) is 4.39 Å². The standard InChI is InChI=1S/C16H20ClFO2S/c17-11-12-9-13(18)1-2-15(12)20-14-3-6-19-16(10-14)4-7-21-8-5-16/h1-2,9,14H,3-8,10-11H2. The van der Waals surface area contributed by atoms with E-state index in [1.165, 1.54) is 12.1 Å². The van der Waals surface area contributed by atoms with E-state index in [1.54, 1.807) is 6.07 Å². The lowest BCUT2D eigenvalue weighted by atomic mass is 9.86. The van der Waals surface area contributed by atoms with Gasteiger partial charge in [-0.15, -0.1) is 11.6 Å². The van der Waals surface area contributed by atoms with Crippen LogP contribution in [0.1, 0.15) is 31.2 Å². The van der Waals surface area contributed by atoms with Crippen LogP contribution in [0.15, 0.2) is 18.2 Å². The van der Waals surface area contributed by atoms with Gasteiger partial charge in [-0.05, 0) is 42.5 Å². The smallest absolute Gasteiger partial charge is 0.124 e. The Kier molecular flexibility index (Phi) is 4.97. The summed E-state index contributed by atoms with van der Waals surface area (Å²) in [5.74, 6) is 3.02. The summed E-state index contributed by atoms with van der Waals surface area (Å²) in [7, 11) is 0. The van der Waals surface area contributed by atoms with Crippen molar-refractivity contribution in [2.75, 3.05) is 18.1 Å². The van der Waals surface area contributed by atoms with Crippen LogP contribution < -0.4 is 4.74 Å². The van der Waals surface area contributed by atoms with Crippen molar-refractivity contribution < 1.29 is 13.9 Å². The average Bonchev–Trinajstić information content (AvgIpc) is 2.50. The Labute approximate surface area is 134 Å². The third-order valence-corrected chi connectivity index (χ3v) is 5.59. The van der Waals surface area contributed by atoms with Crippen molar-refractivity contribution in [1.29, 1.82) is 0 Å². The van der Waals surface area contributed by atoms with Gasteiger partial charge < -0.3 is 9.47 Å². The van der Waals surface area contributed by atoms with Crippen LogP contribution in [0.5, 0.6) is 5.75 Å². The van der Waals surface area contributed by atoms with E-state index in [0.29, 0.717) is 5.75 Å². The maximum absolute atomic E-state index is 13.3. The summed E-state index contributed by atoms with van der Waals surface area (Å²) in [4.78, 5) is 0. The number of alkyl halides is 1. The minimum Gasteiger partial charge on any atom is -0.490 e. The lowest BCUT2D eigenvalue weighted by molar-refractivity contribution is -0.116. The highest BCUT2D eigenvalue weighted by Crippen LogP contribution is 2.39. The molecule has 1 unspecified atom stereocenters. The van der Waals surface area contributed by atoms with Crippen molar-refractivity contribution in [1.82, 2.24) is 0 Å². The molecule has 2 nitrogen and oxygen atoms in total. The quantitative estimate of drug-likeness (QED) is 0.766. The molecule has 5 heteroatoms. The van der Waals surface area contributed by atoms with E-state index in [0.717, 1.165) is 49.4 Å². The molecule has 1 aromatic carbocycles. The van der Waals surface area contributed by atoms with Crippen LogP contribution in [0.4, 0.5) is 4.39 Å². The third-order valence-electron chi connectivity index (χ3n) is 4.31. The Balaban J connectivity index is 1.70. The number of benzene rings is 1. The van der Waals surface area contributed by atoms with Crippen LogP contribution in [-0.2, 0) is 10.6 Å². The van der Waals surface area contributed by atoms with Gasteiger partial charge in [0.1, 0.15) is 17.7 Å². The van der Waals surface area contributed by atoms with Crippen molar-refractivity contribution in [3.8, 4) is 5.75 Å². The highest BCUT2D eigenvalue weighted by Gasteiger charge is 2.39. The van der Waals surface area contributed by atoms with Gasteiger partial charge in [-0.3, -0.25) is 0 Å². The molecule has 0 N–H and O–H groups in total. The zero-order valence-corrected chi connectivity index (χ0v) is 13.5. The first kappa shape index (κ1) is 15.4. The summed E-state index contributed by atoms with van der Waals surface area (Å²) in [6, 6.07) is 4.57. The number of hydrogen-bond acceptors (Lipinski definition) is 3. The third kappa shape index (κ3) is 3.66. The molecule has 0 radical (unpaired) electrons.